The molecule has 0 bridgehead atoms. The van der Waals surface area contributed by atoms with E-state index in [0.717, 1.165) is 42.1 Å². The van der Waals surface area contributed by atoms with E-state index >= 15 is 0 Å². The molecule has 2 aromatic heterocycles. The van der Waals surface area contributed by atoms with Crippen LogP contribution in [0.5, 0.6) is 0 Å². The Morgan fingerprint density at radius 1 is 1.20 bits per heavy atom. The molecule has 30 heavy (non-hydrogen) atoms. The molecule has 1 aliphatic rings. The van der Waals surface area contributed by atoms with Crippen molar-refractivity contribution in [2.75, 3.05) is 13.1 Å². The average Bonchev–Trinajstić information content (AvgIpc) is 3.21. The van der Waals surface area contributed by atoms with Gasteiger partial charge in [0.25, 0.3) is 0 Å². The Morgan fingerprint density at radius 2 is 2.00 bits per heavy atom. The minimum absolute atomic E-state index is 0.543. The summed E-state index contributed by atoms with van der Waals surface area (Å²) in [4.78, 5) is 12.1. The molecule has 0 spiro atoms. The van der Waals surface area contributed by atoms with Gasteiger partial charge in [-0.1, -0.05) is 6.07 Å². The highest BCUT2D eigenvalue weighted by Crippen LogP contribution is 2.22. The first-order chi connectivity index (χ1) is 14.3. The summed E-state index contributed by atoms with van der Waals surface area (Å²) >= 11 is 0. The first kappa shape index (κ1) is 21.7. The zero-order valence-corrected chi connectivity index (χ0v) is 16.0. The number of nitrogens with one attached hydrogen (secondary N) is 3. The molecule has 1 saturated heterocycles. The van der Waals surface area contributed by atoms with Gasteiger partial charge in [-0.2, -0.15) is 23.4 Å². The van der Waals surface area contributed by atoms with E-state index in [1.54, 1.807) is 0 Å². The predicted octanol–water partition coefficient (Wildman–Crippen LogP) is 3.10. The number of alkyl halides is 3. The molecule has 10 heteroatoms. The van der Waals surface area contributed by atoms with Crippen LogP contribution in [0.3, 0.4) is 0 Å². The third-order valence-electron chi connectivity index (χ3n) is 4.68. The SMILES string of the molecule is O=C(O)C(F)(F)F.c1cc2cc(-c3ccc(CNC4CCCNC4)nn3)ccc2[nH]1. The van der Waals surface area contributed by atoms with Crippen molar-refractivity contribution in [1.82, 2.24) is 25.8 Å². The summed E-state index contributed by atoms with van der Waals surface area (Å²) in [5.74, 6) is -2.76. The minimum atomic E-state index is -5.08. The fourth-order valence-corrected chi connectivity index (χ4v) is 3.10. The number of aromatic amines is 1. The first-order valence-electron chi connectivity index (χ1n) is 9.47. The van der Waals surface area contributed by atoms with E-state index < -0.39 is 12.1 Å². The number of rotatable bonds is 4. The Hall–Kier alpha value is -2.98. The smallest absolute Gasteiger partial charge is 0.475 e. The van der Waals surface area contributed by atoms with Gasteiger partial charge in [-0.3, -0.25) is 0 Å². The number of hydrogen-bond donors (Lipinski definition) is 4. The summed E-state index contributed by atoms with van der Waals surface area (Å²) in [6.07, 6.45) is -0.659. The normalized spacial score (nSPS) is 16.7. The molecule has 3 heterocycles. The zero-order chi connectivity index (χ0) is 21.6. The highest BCUT2D eigenvalue weighted by molar-refractivity contribution is 5.84. The maximum atomic E-state index is 10.6. The Labute approximate surface area is 170 Å². The van der Waals surface area contributed by atoms with Crippen molar-refractivity contribution in [2.24, 2.45) is 0 Å². The number of carbonyl (C=O) groups is 1. The molecule has 0 amide bonds. The van der Waals surface area contributed by atoms with Crippen molar-refractivity contribution in [3.8, 4) is 11.3 Å². The lowest BCUT2D eigenvalue weighted by Gasteiger charge is -2.23. The van der Waals surface area contributed by atoms with Gasteiger partial charge in [-0.05, 0) is 49.7 Å². The summed E-state index contributed by atoms with van der Waals surface area (Å²) in [5, 5.41) is 24.0. The molecule has 7 nitrogen and oxygen atoms in total. The third-order valence-corrected chi connectivity index (χ3v) is 4.68. The van der Waals surface area contributed by atoms with Crippen molar-refractivity contribution in [2.45, 2.75) is 31.6 Å². The molecule has 3 aromatic rings. The van der Waals surface area contributed by atoms with Crippen LogP contribution in [-0.4, -0.2) is 51.6 Å². The molecule has 0 aliphatic carbocycles. The van der Waals surface area contributed by atoms with Crippen LogP contribution in [0.4, 0.5) is 13.2 Å². The van der Waals surface area contributed by atoms with E-state index in [1.807, 2.05) is 6.20 Å². The lowest BCUT2D eigenvalue weighted by Crippen LogP contribution is -2.42. The zero-order valence-electron chi connectivity index (χ0n) is 16.0. The number of hydrogen-bond acceptors (Lipinski definition) is 5. The fraction of sp³-hybridized carbons (Fsp3) is 0.350. The molecule has 160 valence electrons. The number of fused-ring (bicyclic) bond motifs is 1. The third kappa shape index (κ3) is 6.01. The number of piperidine rings is 1. The van der Waals surface area contributed by atoms with E-state index in [2.05, 4.69) is 62.2 Å². The maximum absolute atomic E-state index is 10.6. The molecule has 1 aromatic carbocycles. The summed E-state index contributed by atoms with van der Waals surface area (Å²) in [7, 11) is 0. The van der Waals surface area contributed by atoms with Crippen LogP contribution >= 0.6 is 0 Å². The van der Waals surface area contributed by atoms with Crippen LogP contribution < -0.4 is 10.6 Å². The molecule has 0 saturated carbocycles. The highest BCUT2D eigenvalue weighted by atomic mass is 19.4. The number of halogens is 3. The predicted molar refractivity (Wildman–Crippen MR) is 106 cm³/mol. The number of carboxylic acids is 1. The van der Waals surface area contributed by atoms with E-state index in [9.17, 15) is 13.2 Å². The van der Waals surface area contributed by atoms with Gasteiger partial charge in [0.15, 0.2) is 0 Å². The van der Waals surface area contributed by atoms with Gasteiger partial charge in [0, 0.05) is 41.8 Å². The second-order valence-electron chi connectivity index (χ2n) is 6.92. The van der Waals surface area contributed by atoms with E-state index in [4.69, 9.17) is 9.90 Å². The summed E-state index contributed by atoms with van der Waals surface area (Å²) < 4.78 is 31.7. The highest BCUT2D eigenvalue weighted by Gasteiger charge is 2.38. The Bertz CT molecular complexity index is 966. The number of aromatic nitrogens is 3. The minimum Gasteiger partial charge on any atom is -0.475 e. The van der Waals surface area contributed by atoms with Crippen molar-refractivity contribution in [3.05, 3.63) is 48.3 Å². The number of aliphatic carboxylic acids is 1. The van der Waals surface area contributed by atoms with Crippen LogP contribution in [0.25, 0.3) is 22.2 Å². The molecule has 0 radical (unpaired) electrons. The lowest BCUT2D eigenvalue weighted by molar-refractivity contribution is -0.192. The lowest BCUT2D eigenvalue weighted by atomic mass is 10.1. The van der Waals surface area contributed by atoms with Gasteiger partial charge >= 0.3 is 12.1 Å². The summed E-state index contributed by atoms with van der Waals surface area (Å²) in [5.41, 5.74) is 4.14. The molecule has 1 aliphatic heterocycles. The Kier molecular flexibility index (Phi) is 7.01. The average molecular weight is 421 g/mol. The van der Waals surface area contributed by atoms with E-state index in [-0.39, 0.29) is 0 Å². The first-order valence-corrected chi connectivity index (χ1v) is 9.47. The molecule has 4 rings (SSSR count). The quantitative estimate of drug-likeness (QED) is 0.516. The van der Waals surface area contributed by atoms with Gasteiger partial charge in [-0.25, -0.2) is 4.79 Å². The van der Waals surface area contributed by atoms with E-state index in [0.29, 0.717) is 6.04 Å². The van der Waals surface area contributed by atoms with Crippen molar-refractivity contribution in [3.63, 3.8) is 0 Å². The van der Waals surface area contributed by atoms with Crippen LogP contribution in [0.15, 0.2) is 42.6 Å². The molecule has 4 N–H and O–H groups in total. The van der Waals surface area contributed by atoms with Gasteiger partial charge in [-0.15, -0.1) is 0 Å². The monoisotopic (exact) mass is 421 g/mol. The van der Waals surface area contributed by atoms with Crippen molar-refractivity contribution >= 4 is 16.9 Å². The van der Waals surface area contributed by atoms with E-state index in [1.165, 1.54) is 18.2 Å². The Balaban J connectivity index is 0.000000318. The second-order valence-corrected chi connectivity index (χ2v) is 6.92. The van der Waals surface area contributed by atoms with Gasteiger partial charge in [0.05, 0.1) is 11.4 Å². The summed E-state index contributed by atoms with van der Waals surface area (Å²) in [6.45, 7) is 2.96. The topological polar surface area (TPSA) is 103 Å². The number of benzene rings is 1. The van der Waals surface area contributed by atoms with Crippen molar-refractivity contribution < 1.29 is 23.1 Å². The molecule has 1 unspecified atom stereocenters. The number of carboxylic acid groups (broad SMARTS) is 1. The fourth-order valence-electron chi connectivity index (χ4n) is 3.10. The Morgan fingerprint density at radius 3 is 2.63 bits per heavy atom. The van der Waals surface area contributed by atoms with Crippen LogP contribution in [-0.2, 0) is 11.3 Å². The van der Waals surface area contributed by atoms with Gasteiger partial charge < -0.3 is 20.7 Å². The summed E-state index contributed by atoms with van der Waals surface area (Å²) in [6, 6.07) is 13.0. The molecule has 1 fully saturated rings. The number of H-pyrrole nitrogens is 1. The largest absolute Gasteiger partial charge is 0.490 e. The van der Waals surface area contributed by atoms with Crippen LogP contribution in [0.2, 0.25) is 0 Å². The van der Waals surface area contributed by atoms with Crippen LogP contribution in [0.1, 0.15) is 18.5 Å². The molecule has 1 atom stereocenters. The van der Waals surface area contributed by atoms with Crippen LogP contribution in [0, 0.1) is 0 Å². The second kappa shape index (κ2) is 9.68. The standard InChI is InChI=1S/C18H21N5.C2HF3O2/c1-2-15(11-19-8-1)21-12-16-4-6-18(23-22-16)13-3-5-17-14(10-13)7-9-20-17;3-2(4,5)1(6)7/h3-7,9-10,15,19-21H,1-2,8,11-12H2;(H,6,7). The molecular weight excluding hydrogens is 399 g/mol. The maximum Gasteiger partial charge on any atom is 0.490 e. The van der Waals surface area contributed by atoms with Gasteiger partial charge in [0.2, 0.25) is 0 Å². The number of nitrogens with zero attached hydrogens (tertiary/aromatic N) is 2. The molecular formula is C20H22F3N5O2. The van der Waals surface area contributed by atoms with Gasteiger partial charge in [0.1, 0.15) is 0 Å². The van der Waals surface area contributed by atoms with Crippen molar-refractivity contribution in [1.29, 1.82) is 0 Å².